The fourth-order valence-electron chi connectivity index (χ4n) is 15.3. The maximum atomic E-state index is 5.16. The Labute approximate surface area is 574 Å². The van der Waals surface area contributed by atoms with Crippen LogP contribution in [0.1, 0.15) is 0 Å². The van der Waals surface area contributed by atoms with Crippen LogP contribution in [0.4, 0.5) is 0 Å². The third-order valence-electron chi connectivity index (χ3n) is 19.8. The molecule has 4 aromatic heterocycles. The zero-order valence-electron chi connectivity index (χ0n) is 53.2. The van der Waals surface area contributed by atoms with Gasteiger partial charge >= 0.3 is 0 Å². The quantitative estimate of drug-likeness (QED) is 0.142. The zero-order valence-corrected chi connectivity index (χ0v) is 54.8. The van der Waals surface area contributed by atoms with E-state index in [4.69, 9.17) is 9.97 Å². The van der Waals surface area contributed by atoms with Crippen molar-refractivity contribution in [2.45, 2.75) is 0 Å². The molecule has 0 atom stereocenters. The summed E-state index contributed by atoms with van der Waals surface area (Å²) in [4.78, 5) is 10.2. The van der Waals surface area contributed by atoms with Gasteiger partial charge in [-0.15, -0.1) is 22.7 Å². The highest BCUT2D eigenvalue weighted by atomic mass is 32.1. The number of benzene rings is 16. The van der Waals surface area contributed by atoms with Crippen LogP contribution in [0.15, 0.2) is 352 Å². The predicted molar refractivity (Wildman–Crippen MR) is 423 cm³/mol. The van der Waals surface area contributed by atoms with Crippen LogP contribution in [0.2, 0.25) is 0 Å². The first-order chi connectivity index (χ1) is 48.6. The van der Waals surface area contributed by atoms with Crippen molar-refractivity contribution in [3.63, 3.8) is 0 Å². The highest BCUT2D eigenvalue weighted by Gasteiger charge is 2.21. The molecule has 20 rings (SSSR count). The van der Waals surface area contributed by atoms with Crippen molar-refractivity contribution >= 4 is 128 Å². The van der Waals surface area contributed by atoms with Crippen LogP contribution in [-0.2, 0) is 0 Å². The number of thiophene rings is 2. The van der Waals surface area contributed by atoms with E-state index < -0.39 is 0 Å². The predicted octanol–water partition coefficient (Wildman–Crippen LogP) is 27.2. The fraction of sp³-hybridized carbons (Fsp3) is 0. The van der Waals surface area contributed by atoms with Crippen molar-refractivity contribution in [1.82, 2.24) is 9.97 Å². The second-order valence-electron chi connectivity index (χ2n) is 25.4. The van der Waals surface area contributed by atoms with Crippen molar-refractivity contribution in [3.05, 3.63) is 352 Å². The highest BCUT2D eigenvalue weighted by molar-refractivity contribution is 7.27. The molecule has 0 N–H and O–H groups in total. The van der Waals surface area contributed by atoms with Crippen molar-refractivity contribution in [3.8, 4) is 89.3 Å². The van der Waals surface area contributed by atoms with Gasteiger partial charge in [0.15, 0.2) is 0 Å². The molecule has 0 bridgehead atoms. The summed E-state index contributed by atoms with van der Waals surface area (Å²) in [7, 11) is 0. The van der Waals surface area contributed by atoms with Crippen molar-refractivity contribution in [1.29, 1.82) is 0 Å². The van der Waals surface area contributed by atoms with Crippen molar-refractivity contribution in [2.24, 2.45) is 0 Å². The number of hydrogen-bond donors (Lipinski definition) is 0. The van der Waals surface area contributed by atoms with Crippen molar-refractivity contribution in [2.75, 3.05) is 0 Å². The highest BCUT2D eigenvalue weighted by Crippen LogP contribution is 2.48. The first kappa shape index (κ1) is 57.3. The fourth-order valence-corrected chi connectivity index (χ4v) is 17.7. The van der Waals surface area contributed by atoms with Gasteiger partial charge in [-0.1, -0.05) is 309 Å². The first-order valence-corrected chi connectivity index (χ1v) is 35.0. The Hall–Kier alpha value is -12.2. The molecule has 0 radical (unpaired) electrons. The summed E-state index contributed by atoms with van der Waals surface area (Å²) in [5, 5.41) is 20.3. The van der Waals surface area contributed by atoms with E-state index in [0.717, 1.165) is 28.1 Å². The van der Waals surface area contributed by atoms with Gasteiger partial charge in [0.05, 0.1) is 11.4 Å². The lowest BCUT2D eigenvalue weighted by Gasteiger charge is -2.18. The molecule has 0 saturated heterocycles. The monoisotopic (exact) mass is 1280 g/mol. The van der Waals surface area contributed by atoms with E-state index >= 15 is 0 Å². The Morgan fingerprint density at radius 1 is 0.194 bits per heavy atom. The molecular weight excluding hydrogens is 1220 g/mol. The molecular formula is C94H58N2S2. The van der Waals surface area contributed by atoms with E-state index in [1.165, 1.54) is 166 Å². The number of nitrogens with zero attached hydrogens (tertiary/aromatic N) is 2. The second kappa shape index (κ2) is 23.9. The van der Waals surface area contributed by atoms with Crippen LogP contribution < -0.4 is 0 Å². The lowest BCUT2D eigenvalue weighted by Crippen LogP contribution is -1.92. The maximum Gasteiger partial charge on any atom is 0.0709 e. The van der Waals surface area contributed by atoms with Gasteiger partial charge in [0, 0.05) is 75.0 Å². The third-order valence-corrected chi connectivity index (χ3v) is 22.3. The van der Waals surface area contributed by atoms with Gasteiger partial charge in [-0.25, -0.2) is 0 Å². The Morgan fingerprint density at radius 3 is 1.01 bits per heavy atom. The van der Waals surface area contributed by atoms with Gasteiger partial charge in [0.2, 0.25) is 0 Å². The molecule has 0 spiro atoms. The molecule has 0 aliphatic carbocycles. The lowest BCUT2D eigenvalue weighted by atomic mass is 9.86. The normalized spacial score (nSPS) is 11.7. The summed E-state index contributed by atoms with van der Waals surface area (Å²) in [6.45, 7) is 0. The molecule has 0 amide bonds. The molecule has 0 fully saturated rings. The molecule has 0 unspecified atom stereocenters. The van der Waals surface area contributed by atoms with Crippen LogP contribution in [0.5, 0.6) is 0 Å². The molecule has 0 aliphatic heterocycles. The molecule has 0 saturated carbocycles. The smallest absolute Gasteiger partial charge is 0.0709 e. The van der Waals surface area contributed by atoms with Crippen LogP contribution in [-0.4, -0.2) is 9.97 Å². The topological polar surface area (TPSA) is 25.8 Å². The van der Waals surface area contributed by atoms with E-state index in [1.54, 1.807) is 0 Å². The van der Waals surface area contributed by atoms with Crippen LogP contribution in [0.25, 0.3) is 194 Å². The molecule has 2 nitrogen and oxygen atoms in total. The largest absolute Gasteiger partial charge is 0.256 e. The molecule has 4 heterocycles. The van der Waals surface area contributed by atoms with Crippen LogP contribution in [0.3, 0.4) is 0 Å². The Bertz CT molecular complexity index is 6370. The summed E-state index contributed by atoms with van der Waals surface area (Å²) in [5.74, 6) is 0. The molecule has 98 heavy (non-hydrogen) atoms. The molecule has 16 aromatic carbocycles. The first-order valence-electron chi connectivity index (χ1n) is 33.4. The number of aromatic nitrogens is 2. The van der Waals surface area contributed by atoms with Crippen LogP contribution in [0, 0.1) is 0 Å². The summed E-state index contributed by atoms with van der Waals surface area (Å²) in [5.41, 5.74) is 18.8. The lowest BCUT2D eigenvalue weighted by molar-refractivity contribution is 1.33. The minimum atomic E-state index is 0.981. The van der Waals surface area contributed by atoms with Gasteiger partial charge in [-0.2, -0.15) is 0 Å². The van der Waals surface area contributed by atoms with Gasteiger partial charge in [0.1, 0.15) is 0 Å². The van der Waals surface area contributed by atoms with E-state index in [0.29, 0.717) is 0 Å². The van der Waals surface area contributed by atoms with E-state index in [9.17, 15) is 0 Å². The summed E-state index contributed by atoms with van der Waals surface area (Å²) >= 11 is 3.75. The number of hydrogen-bond acceptors (Lipinski definition) is 4. The van der Waals surface area contributed by atoms with E-state index in [1.807, 2.05) is 22.7 Å². The number of rotatable bonds is 8. The Kier molecular flexibility index (Phi) is 14.0. The standard InChI is InChI=1S/2C47H29NS/c1-2-11-30(12-3-1)31-21-23-33(24-22-31)44-36-15-6-8-17-38(36)45(39-18-9-7-16-37(39)44)34-26-28-42(48-29-34)40-19-10-20-43-46(40)41-27-25-32-13-4-5-14-35(32)47(41)49-43;1-2-10-30(11-3-1)31-18-20-33(21-19-31)45-37-14-6-8-16-39(37)46(40-17-9-7-15-38(40)45)35-23-26-43(48-29-35)34-24-27-44-42(28-34)41-25-22-32-12-4-5-13-36(32)47(41)49-44/h2*1-29H. The molecule has 0 aliphatic rings. The van der Waals surface area contributed by atoms with Gasteiger partial charge in [-0.3, -0.25) is 9.97 Å². The van der Waals surface area contributed by atoms with E-state index in [2.05, 4.69) is 352 Å². The Morgan fingerprint density at radius 2 is 0.551 bits per heavy atom. The number of fused-ring (bicyclic) bond motifs is 14. The van der Waals surface area contributed by atoms with Crippen molar-refractivity contribution < 1.29 is 0 Å². The number of pyridine rings is 2. The average molecular weight is 1280 g/mol. The van der Waals surface area contributed by atoms with E-state index in [-0.39, 0.29) is 0 Å². The van der Waals surface area contributed by atoms with Gasteiger partial charge in [0.25, 0.3) is 0 Å². The molecule has 20 aromatic rings. The van der Waals surface area contributed by atoms with Gasteiger partial charge < -0.3 is 0 Å². The Balaban J connectivity index is 0.000000137. The zero-order chi connectivity index (χ0) is 64.6. The summed E-state index contributed by atoms with van der Waals surface area (Å²) in [6, 6.07) is 123. The molecule has 4 heteroatoms. The SMILES string of the molecule is c1ccc(-c2ccc(-c3c4ccccc4c(-c4ccc(-c5ccc6sc7c8ccccc8ccc7c6c5)nc4)c4ccccc34)cc2)cc1.c1ccc(-c2ccc(-c3c4ccccc4c(-c4ccc(-c5cccc6sc7c8ccccc8ccc7c56)nc4)c4ccccc34)cc2)cc1. The second-order valence-corrected chi connectivity index (χ2v) is 27.5. The summed E-state index contributed by atoms with van der Waals surface area (Å²) in [6.07, 6.45) is 4.13. The van der Waals surface area contributed by atoms with Gasteiger partial charge in [-0.05, 0) is 151 Å². The summed E-state index contributed by atoms with van der Waals surface area (Å²) < 4.78 is 5.28. The third kappa shape index (κ3) is 9.75. The maximum absolute atomic E-state index is 5.16. The minimum Gasteiger partial charge on any atom is -0.256 e. The minimum absolute atomic E-state index is 0.981. The molecule has 456 valence electrons. The average Bonchev–Trinajstić information content (AvgIpc) is 0.991. The van der Waals surface area contributed by atoms with Crippen LogP contribution >= 0.6 is 22.7 Å².